The van der Waals surface area contributed by atoms with Crippen LogP contribution in [-0.2, 0) is 38.1 Å². The zero-order chi connectivity index (χ0) is 20.6. The Balaban J connectivity index is 2.95. The molecule has 0 aliphatic carbocycles. The van der Waals surface area contributed by atoms with Crippen LogP contribution >= 0.6 is 0 Å². The number of carbonyl (C=O) groups excluding carboxylic acids is 4. The van der Waals surface area contributed by atoms with Crippen molar-refractivity contribution in [1.29, 1.82) is 0 Å². The summed E-state index contributed by atoms with van der Waals surface area (Å²) in [5.74, 6) is -1.87. The van der Waals surface area contributed by atoms with Gasteiger partial charge in [0.2, 0.25) is 6.29 Å². The first kappa shape index (κ1) is 22.6. The first-order valence-corrected chi connectivity index (χ1v) is 8.29. The number of nitrogens with zero attached hydrogens (tertiary/aromatic N) is 1. The van der Waals surface area contributed by atoms with Crippen LogP contribution < -0.4 is 0 Å². The van der Waals surface area contributed by atoms with Gasteiger partial charge in [-0.25, -0.2) is 4.79 Å². The Morgan fingerprint density at radius 1 is 1.04 bits per heavy atom. The molecule has 1 amide bonds. The normalized spacial score (nSPS) is 24.5. The van der Waals surface area contributed by atoms with Gasteiger partial charge >= 0.3 is 24.0 Å². The summed E-state index contributed by atoms with van der Waals surface area (Å²) in [5.41, 5.74) is 0. The van der Waals surface area contributed by atoms with E-state index in [0.717, 1.165) is 4.90 Å². The average molecular weight is 391 g/mol. The van der Waals surface area contributed by atoms with Crippen molar-refractivity contribution in [3.8, 4) is 0 Å². The SMILES string of the molecule is CC(=O)OC[C@H]1O[C@@H](OC(=O)N(C)CCO)C[C@@H](OC(C)=O)[C@H]1OC(C)=O. The van der Waals surface area contributed by atoms with E-state index in [9.17, 15) is 19.2 Å². The fraction of sp³-hybridized carbons (Fsp3) is 0.750. The Morgan fingerprint density at radius 3 is 2.19 bits per heavy atom. The number of hydrogen-bond donors (Lipinski definition) is 1. The number of esters is 3. The largest absolute Gasteiger partial charge is 0.463 e. The lowest BCUT2D eigenvalue weighted by Gasteiger charge is -2.39. The Kier molecular flexibility index (Phi) is 8.95. The lowest BCUT2D eigenvalue weighted by molar-refractivity contribution is -0.253. The summed E-state index contributed by atoms with van der Waals surface area (Å²) >= 11 is 0. The smallest absolute Gasteiger partial charge is 0.411 e. The number of aliphatic hydroxyl groups excluding tert-OH is 1. The van der Waals surface area contributed by atoms with Crippen LogP contribution in [0.4, 0.5) is 4.79 Å². The number of carbonyl (C=O) groups is 4. The van der Waals surface area contributed by atoms with Crippen LogP contribution in [0.3, 0.4) is 0 Å². The molecular weight excluding hydrogens is 366 g/mol. The van der Waals surface area contributed by atoms with Crippen molar-refractivity contribution in [2.24, 2.45) is 0 Å². The van der Waals surface area contributed by atoms with Gasteiger partial charge in [-0.2, -0.15) is 0 Å². The first-order chi connectivity index (χ1) is 12.6. The third-order valence-corrected chi connectivity index (χ3v) is 3.53. The highest BCUT2D eigenvalue weighted by molar-refractivity contribution is 5.68. The Morgan fingerprint density at radius 2 is 1.67 bits per heavy atom. The van der Waals surface area contributed by atoms with Gasteiger partial charge in [0.05, 0.1) is 13.0 Å². The second-order valence-corrected chi connectivity index (χ2v) is 5.89. The molecule has 1 rings (SSSR count). The van der Waals surface area contributed by atoms with Crippen LogP contribution in [-0.4, -0.2) is 85.4 Å². The maximum atomic E-state index is 12.0. The van der Waals surface area contributed by atoms with Crippen molar-refractivity contribution in [2.75, 3.05) is 26.8 Å². The molecule has 0 radical (unpaired) electrons. The number of likely N-dealkylation sites (N-methyl/N-ethyl adjacent to an activating group) is 1. The van der Waals surface area contributed by atoms with E-state index in [-0.39, 0.29) is 26.2 Å². The van der Waals surface area contributed by atoms with Gasteiger partial charge in [-0.05, 0) is 0 Å². The second-order valence-electron chi connectivity index (χ2n) is 5.89. The molecule has 0 spiro atoms. The molecular formula is C16H25NO10. The van der Waals surface area contributed by atoms with Crippen LogP contribution in [0, 0.1) is 0 Å². The lowest BCUT2D eigenvalue weighted by Crippen LogP contribution is -2.54. The minimum absolute atomic E-state index is 0.0475. The second kappa shape index (κ2) is 10.7. The zero-order valence-electron chi connectivity index (χ0n) is 15.7. The molecule has 1 aliphatic heterocycles. The average Bonchev–Trinajstić information content (AvgIpc) is 2.54. The molecule has 4 atom stereocenters. The monoisotopic (exact) mass is 391 g/mol. The van der Waals surface area contributed by atoms with E-state index >= 15 is 0 Å². The summed E-state index contributed by atoms with van der Waals surface area (Å²) in [7, 11) is 1.42. The van der Waals surface area contributed by atoms with Gasteiger partial charge in [0.1, 0.15) is 18.8 Å². The minimum Gasteiger partial charge on any atom is -0.463 e. The van der Waals surface area contributed by atoms with Crippen LogP contribution in [0.15, 0.2) is 0 Å². The molecule has 154 valence electrons. The van der Waals surface area contributed by atoms with E-state index in [0.29, 0.717) is 0 Å². The highest BCUT2D eigenvalue weighted by Crippen LogP contribution is 2.27. The van der Waals surface area contributed by atoms with Gasteiger partial charge in [0.15, 0.2) is 6.10 Å². The predicted octanol–water partition coefficient (Wildman–Crippen LogP) is -0.411. The molecule has 1 aliphatic rings. The van der Waals surface area contributed by atoms with Crippen molar-refractivity contribution < 1.29 is 48.0 Å². The number of rotatable bonds is 7. The Hall–Kier alpha value is -2.40. The molecule has 1 heterocycles. The van der Waals surface area contributed by atoms with E-state index in [4.69, 9.17) is 28.8 Å². The molecule has 0 bridgehead atoms. The van der Waals surface area contributed by atoms with Gasteiger partial charge in [-0.3, -0.25) is 14.4 Å². The standard InChI is InChI=1S/C16H25NO10/c1-9(19)23-8-13-15(25-11(3)21)12(24-10(2)20)7-14(26-13)27-16(22)17(4)5-6-18/h12-15,18H,5-8H2,1-4H3/t12-,13-,14+,15-/m1/s1. The molecule has 0 unspecified atom stereocenters. The molecule has 1 N–H and O–H groups in total. The Bertz CT molecular complexity index is 551. The number of ether oxygens (including phenoxy) is 5. The van der Waals surface area contributed by atoms with Crippen molar-refractivity contribution in [2.45, 2.75) is 51.8 Å². The van der Waals surface area contributed by atoms with E-state index in [2.05, 4.69) is 0 Å². The van der Waals surface area contributed by atoms with E-state index < -0.39 is 48.6 Å². The summed E-state index contributed by atoms with van der Waals surface area (Å²) in [5, 5.41) is 8.88. The summed E-state index contributed by atoms with van der Waals surface area (Å²) in [6.07, 6.45) is -5.04. The molecule has 11 heteroatoms. The number of amides is 1. The summed E-state index contributed by atoms with van der Waals surface area (Å²) < 4.78 is 26.0. The third kappa shape index (κ3) is 7.79. The summed E-state index contributed by atoms with van der Waals surface area (Å²) in [4.78, 5) is 47.0. The maximum absolute atomic E-state index is 12.0. The van der Waals surface area contributed by atoms with Crippen molar-refractivity contribution >= 4 is 24.0 Å². The molecule has 1 saturated heterocycles. The first-order valence-electron chi connectivity index (χ1n) is 8.29. The fourth-order valence-electron chi connectivity index (χ4n) is 2.42. The highest BCUT2D eigenvalue weighted by atomic mass is 16.7. The molecule has 0 aromatic heterocycles. The summed E-state index contributed by atoms with van der Waals surface area (Å²) in [6, 6.07) is 0. The molecule has 0 aromatic rings. The van der Waals surface area contributed by atoms with Gasteiger partial charge in [-0.15, -0.1) is 0 Å². The third-order valence-electron chi connectivity index (χ3n) is 3.53. The number of hydrogen-bond acceptors (Lipinski definition) is 10. The topological polar surface area (TPSA) is 138 Å². The molecule has 27 heavy (non-hydrogen) atoms. The van der Waals surface area contributed by atoms with Crippen molar-refractivity contribution in [1.82, 2.24) is 4.90 Å². The quantitative estimate of drug-likeness (QED) is 0.450. The maximum Gasteiger partial charge on any atom is 0.411 e. The van der Waals surface area contributed by atoms with E-state index in [1.165, 1.54) is 27.8 Å². The van der Waals surface area contributed by atoms with Gasteiger partial charge in [0.25, 0.3) is 0 Å². The molecule has 1 fully saturated rings. The van der Waals surface area contributed by atoms with Gasteiger partial charge in [-0.1, -0.05) is 0 Å². The van der Waals surface area contributed by atoms with Crippen molar-refractivity contribution in [3.05, 3.63) is 0 Å². The van der Waals surface area contributed by atoms with Crippen LogP contribution in [0.25, 0.3) is 0 Å². The van der Waals surface area contributed by atoms with Gasteiger partial charge < -0.3 is 33.7 Å². The number of aliphatic hydroxyl groups is 1. The molecule has 0 aromatic carbocycles. The van der Waals surface area contributed by atoms with Gasteiger partial charge in [0, 0.05) is 34.4 Å². The van der Waals surface area contributed by atoms with Crippen LogP contribution in [0.2, 0.25) is 0 Å². The van der Waals surface area contributed by atoms with Crippen LogP contribution in [0.1, 0.15) is 27.2 Å². The zero-order valence-corrected chi connectivity index (χ0v) is 15.7. The predicted molar refractivity (Wildman–Crippen MR) is 87.2 cm³/mol. The fourth-order valence-corrected chi connectivity index (χ4v) is 2.42. The molecule has 11 nitrogen and oxygen atoms in total. The minimum atomic E-state index is -1.14. The van der Waals surface area contributed by atoms with Crippen molar-refractivity contribution in [3.63, 3.8) is 0 Å². The van der Waals surface area contributed by atoms with Crippen LogP contribution in [0.5, 0.6) is 0 Å². The van der Waals surface area contributed by atoms with E-state index in [1.54, 1.807) is 0 Å². The lowest BCUT2D eigenvalue weighted by atomic mass is 10.0. The molecule has 0 saturated carbocycles. The summed E-state index contributed by atoms with van der Waals surface area (Å²) in [6.45, 7) is 3.03. The Labute approximate surface area is 156 Å². The van der Waals surface area contributed by atoms with E-state index in [1.807, 2.05) is 0 Å². The highest BCUT2D eigenvalue weighted by Gasteiger charge is 2.45.